The van der Waals surface area contributed by atoms with Gasteiger partial charge in [0.05, 0.1) is 13.7 Å². The van der Waals surface area contributed by atoms with Crippen LogP contribution >= 0.6 is 0 Å². The Morgan fingerprint density at radius 1 is 1.36 bits per heavy atom. The summed E-state index contributed by atoms with van der Waals surface area (Å²) >= 11 is 0. The van der Waals surface area contributed by atoms with Gasteiger partial charge in [0.2, 0.25) is 0 Å². The van der Waals surface area contributed by atoms with E-state index in [9.17, 15) is 5.11 Å². The molecule has 0 bridgehead atoms. The smallest absolute Gasteiger partial charge is 0.126 e. The van der Waals surface area contributed by atoms with E-state index in [-0.39, 0.29) is 18.3 Å². The second-order valence-electron chi connectivity index (χ2n) is 3.54. The standard InChI is InChI=1S/C11H16O3/c1-7(2)11-9(13)4-8(6-12)5-10(11)14-3/h4-5,7,12-13H,6H2,1-3H3. The summed E-state index contributed by atoms with van der Waals surface area (Å²) < 4.78 is 5.16. The third kappa shape index (κ3) is 1.99. The van der Waals surface area contributed by atoms with Gasteiger partial charge in [-0.3, -0.25) is 0 Å². The molecule has 1 aromatic carbocycles. The van der Waals surface area contributed by atoms with Crippen LogP contribution in [0.5, 0.6) is 11.5 Å². The van der Waals surface area contributed by atoms with Gasteiger partial charge in [-0.2, -0.15) is 0 Å². The van der Waals surface area contributed by atoms with Crippen LogP contribution < -0.4 is 4.74 Å². The molecule has 1 aromatic rings. The molecule has 1 rings (SSSR count). The Hall–Kier alpha value is -1.22. The normalized spacial score (nSPS) is 10.6. The zero-order valence-electron chi connectivity index (χ0n) is 8.74. The lowest BCUT2D eigenvalue weighted by atomic mass is 9.99. The maximum absolute atomic E-state index is 9.71. The van der Waals surface area contributed by atoms with Crippen LogP contribution in [0.15, 0.2) is 12.1 Å². The quantitative estimate of drug-likeness (QED) is 0.777. The lowest BCUT2D eigenvalue weighted by molar-refractivity contribution is 0.280. The number of aliphatic hydroxyl groups is 1. The number of aromatic hydroxyl groups is 1. The van der Waals surface area contributed by atoms with Crippen molar-refractivity contribution in [3.63, 3.8) is 0 Å². The summed E-state index contributed by atoms with van der Waals surface area (Å²) in [5, 5.41) is 18.7. The number of benzene rings is 1. The fraction of sp³-hybridized carbons (Fsp3) is 0.455. The van der Waals surface area contributed by atoms with Crippen molar-refractivity contribution < 1.29 is 14.9 Å². The fourth-order valence-electron chi connectivity index (χ4n) is 1.51. The first-order chi connectivity index (χ1) is 6.60. The van der Waals surface area contributed by atoms with Gasteiger partial charge in [-0.15, -0.1) is 0 Å². The zero-order chi connectivity index (χ0) is 10.7. The van der Waals surface area contributed by atoms with E-state index in [2.05, 4.69) is 0 Å². The minimum atomic E-state index is -0.0949. The molecule has 0 heterocycles. The first kappa shape index (κ1) is 10.9. The number of ether oxygens (including phenoxy) is 1. The van der Waals surface area contributed by atoms with Gasteiger partial charge in [0.25, 0.3) is 0 Å². The second kappa shape index (κ2) is 4.33. The number of hydrogen-bond acceptors (Lipinski definition) is 3. The Kier molecular flexibility index (Phi) is 3.36. The van der Waals surface area contributed by atoms with Crippen LogP contribution in [0.3, 0.4) is 0 Å². The van der Waals surface area contributed by atoms with Crippen LogP contribution in [0.1, 0.15) is 30.9 Å². The maximum Gasteiger partial charge on any atom is 0.126 e. The Balaban J connectivity index is 3.27. The summed E-state index contributed by atoms with van der Waals surface area (Å²) in [6.07, 6.45) is 0. The molecule has 0 unspecified atom stereocenters. The summed E-state index contributed by atoms with van der Waals surface area (Å²) in [4.78, 5) is 0. The number of aliphatic hydroxyl groups excluding tert-OH is 1. The summed E-state index contributed by atoms with van der Waals surface area (Å²) in [6.45, 7) is 3.87. The monoisotopic (exact) mass is 196 g/mol. The van der Waals surface area contributed by atoms with Crippen LogP contribution in [0.4, 0.5) is 0 Å². The molecule has 0 aliphatic rings. The van der Waals surface area contributed by atoms with Crippen molar-refractivity contribution in [1.29, 1.82) is 0 Å². The van der Waals surface area contributed by atoms with Gasteiger partial charge in [0.1, 0.15) is 11.5 Å². The molecule has 3 heteroatoms. The molecule has 2 N–H and O–H groups in total. The molecular weight excluding hydrogens is 180 g/mol. The van der Waals surface area contributed by atoms with E-state index in [0.717, 1.165) is 5.56 Å². The molecular formula is C11H16O3. The average Bonchev–Trinajstić information content (AvgIpc) is 2.15. The molecule has 14 heavy (non-hydrogen) atoms. The Morgan fingerprint density at radius 2 is 2.00 bits per heavy atom. The van der Waals surface area contributed by atoms with Crippen LogP contribution in [0, 0.1) is 0 Å². The highest BCUT2D eigenvalue weighted by Gasteiger charge is 2.13. The highest BCUT2D eigenvalue weighted by molar-refractivity contribution is 5.48. The van der Waals surface area contributed by atoms with Gasteiger partial charge in [0, 0.05) is 5.56 Å². The van der Waals surface area contributed by atoms with Gasteiger partial charge < -0.3 is 14.9 Å². The topological polar surface area (TPSA) is 49.7 Å². The molecule has 0 spiro atoms. The summed E-state index contributed by atoms with van der Waals surface area (Å²) in [6, 6.07) is 3.31. The molecule has 0 amide bonds. The average molecular weight is 196 g/mol. The highest BCUT2D eigenvalue weighted by Crippen LogP contribution is 2.35. The minimum absolute atomic E-state index is 0.0949. The van der Waals surface area contributed by atoms with E-state index >= 15 is 0 Å². The highest BCUT2D eigenvalue weighted by atomic mass is 16.5. The molecule has 0 aliphatic carbocycles. The first-order valence-electron chi connectivity index (χ1n) is 4.60. The molecule has 3 nitrogen and oxygen atoms in total. The number of phenols is 1. The predicted molar refractivity (Wildman–Crippen MR) is 54.7 cm³/mol. The Labute approximate surface area is 84.0 Å². The number of hydrogen-bond donors (Lipinski definition) is 2. The largest absolute Gasteiger partial charge is 0.508 e. The van der Waals surface area contributed by atoms with Crippen LogP contribution in [0.2, 0.25) is 0 Å². The third-order valence-corrected chi connectivity index (χ3v) is 2.16. The number of rotatable bonds is 3. The minimum Gasteiger partial charge on any atom is -0.508 e. The molecule has 0 aromatic heterocycles. The summed E-state index contributed by atoms with van der Waals surface area (Å²) in [5.74, 6) is 1.00. The summed E-state index contributed by atoms with van der Waals surface area (Å²) in [7, 11) is 1.56. The van der Waals surface area contributed by atoms with Crippen molar-refractivity contribution in [3.05, 3.63) is 23.3 Å². The molecule has 78 valence electrons. The zero-order valence-corrected chi connectivity index (χ0v) is 8.74. The second-order valence-corrected chi connectivity index (χ2v) is 3.54. The number of methoxy groups -OCH3 is 1. The molecule has 0 aliphatic heterocycles. The van der Waals surface area contributed by atoms with E-state index in [1.54, 1.807) is 19.2 Å². The van der Waals surface area contributed by atoms with E-state index in [1.165, 1.54) is 0 Å². The Morgan fingerprint density at radius 3 is 2.43 bits per heavy atom. The van der Waals surface area contributed by atoms with Crippen molar-refractivity contribution in [2.45, 2.75) is 26.4 Å². The SMILES string of the molecule is COc1cc(CO)cc(O)c1C(C)C. The van der Waals surface area contributed by atoms with Crippen molar-refractivity contribution in [3.8, 4) is 11.5 Å². The van der Waals surface area contributed by atoms with Crippen molar-refractivity contribution in [1.82, 2.24) is 0 Å². The van der Waals surface area contributed by atoms with Crippen molar-refractivity contribution >= 4 is 0 Å². The third-order valence-electron chi connectivity index (χ3n) is 2.16. The van der Waals surface area contributed by atoms with E-state index in [4.69, 9.17) is 9.84 Å². The first-order valence-corrected chi connectivity index (χ1v) is 4.60. The van der Waals surface area contributed by atoms with Crippen LogP contribution in [-0.4, -0.2) is 17.3 Å². The molecule has 0 radical (unpaired) electrons. The summed E-state index contributed by atoms with van der Waals surface area (Å²) in [5.41, 5.74) is 1.44. The maximum atomic E-state index is 9.71. The Bertz CT molecular complexity index is 319. The molecule has 0 saturated heterocycles. The van der Waals surface area contributed by atoms with E-state index < -0.39 is 0 Å². The fourth-order valence-corrected chi connectivity index (χ4v) is 1.51. The predicted octanol–water partition coefficient (Wildman–Crippen LogP) is 2.02. The lowest BCUT2D eigenvalue weighted by Crippen LogP contribution is -1.97. The van der Waals surface area contributed by atoms with Crippen molar-refractivity contribution in [2.24, 2.45) is 0 Å². The van der Waals surface area contributed by atoms with E-state index in [1.807, 2.05) is 13.8 Å². The van der Waals surface area contributed by atoms with Crippen LogP contribution in [0.25, 0.3) is 0 Å². The van der Waals surface area contributed by atoms with Gasteiger partial charge in [-0.1, -0.05) is 13.8 Å². The molecule has 0 saturated carbocycles. The van der Waals surface area contributed by atoms with Gasteiger partial charge in [0.15, 0.2) is 0 Å². The van der Waals surface area contributed by atoms with E-state index in [0.29, 0.717) is 11.3 Å². The molecule has 0 atom stereocenters. The van der Waals surface area contributed by atoms with Crippen molar-refractivity contribution in [2.75, 3.05) is 7.11 Å². The van der Waals surface area contributed by atoms with Gasteiger partial charge >= 0.3 is 0 Å². The lowest BCUT2D eigenvalue weighted by Gasteiger charge is -2.14. The number of phenolic OH excluding ortho intramolecular Hbond substituents is 1. The van der Waals surface area contributed by atoms with Gasteiger partial charge in [-0.25, -0.2) is 0 Å². The van der Waals surface area contributed by atoms with Crippen LogP contribution in [-0.2, 0) is 6.61 Å². The van der Waals surface area contributed by atoms with Gasteiger partial charge in [-0.05, 0) is 23.6 Å². The molecule has 0 fully saturated rings.